The van der Waals surface area contributed by atoms with E-state index in [4.69, 9.17) is 4.74 Å². The summed E-state index contributed by atoms with van der Waals surface area (Å²) in [6.07, 6.45) is -2.52. The van der Waals surface area contributed by atoms with Crippen molar-refractivity contribution in [2.75, 3.05) is 25.6 Å². The zero-order valence-corrected chi connectivity index (χ0v) is 20.7. The molecule has 0 spiro atoms. The fraction of sp³-hybridized carbons (Fsp3) is 0.520. The number of nitrogens with zero attached hydrogens (tertiary/aromatic N) is 3. The van der Waals surface area contributed by atoms with Crippen molar-refractivity contribution < 1.29 is 27.5 Å². The van der Waals surface area contributed by atoms with Crippen LogP contribution < -0.4 is 10.6 Å². The number of carbonyl (C=O) groups is 2. The second-order valence-electron chi connectivity index (χ2n) is 10.2. The number of fused-ring (bicyclic) bond motifs is 1. The van der Waals surface area contributed by atoms with E-state index < -0.39 is 29.1 Å². The van der Waals surface area contributed by atoms with Gasteiger partial charge in [0.15, 0.2) is 0 Å². The Labute approximate surface area is 207 Å². The molecule has 0 saturated carbocycles. The zero-order valence-electron chi connectivity index (χ0n) is 20.7. The Morgan fingerprint density at radius 2 is 1.89 bits per heavy atom. The van der Waals surface area contributed by atoms with E-state index in [2.05, 4.69) is 20.6 Å². The predicted octanol–water partition coefficient (Wildman–Crippen LogP) is 3.87. The van der Waals surface area contributed by atoms with Crippen LogP contribution in [0.2, 0.25) is 0 Å². The minimum atomic E-state index is -4.68. The van der Waals surface area contributed by atoms with E-state index in [9.17, 15) is 22.8 Å². The molecule has 2 aliphatic heterocycles. The van der Waals surface area contributed by atoms with Crippen LogP contribution in [-0.2, 0) is 22.3 Å². The molecule has 1 atom stereocenters. The Hall–Kier alpha value is -3.21. The second-order valence-corrected chi connectivity index (χ2v) is 10.2. The number of amides is 2. The molecule has 1 aromatic heterocycles. The van der Waals surface area contributed by atoms with Crippen molar-refractivity contribution in [2.24, 2.45) is 5.41 Å². The molecule has 11 heteroatoms. The van der Waals surface area contributed by atoms with Gasteiger partial charge in [-0.05, 0) is 29.9 Å². The lowest BCUT2D eigenvalue weighted by molar-refractivity contribution is -0.137. The van der Waals surface area contributed by atoms with Crippen LogP contribution in [0.1, 0.15) is 55.1 Å². The van der Waals surface area contributed by atoms with E-state index in [-0.39, 0.29) is 41.3 Å². The van der Waals surface area contributed by atoms with Crippen molar-refractivity contribution in [3.8, 4) is 11.3 Å². The molecule has 194 valence electrons. The average Bonchev–Trinajstić information content (AvgIpc) is 3.13. The van der Waals surface area contributed by atoms with Crippen LogP contribution in [0.4, 0.5) is 19.1 Å². The number of anilines is 1. The lowest BCUT2D eigenvalue weighted by Crippen LogP contribution is -2.53. The summed E-state index contributed by atoms with van der Waals surface area (Å²) < 4.78 is 46.9. The Balaban J connectivity index is 1.71. The number of halogens is 3. The van der Waals surface area contributed by atoms with Crippen LogP contribution in [0.25, 0.3) is 11.3 Å². The number of hydrogen-bond acceptors (Lipinski definition) is 6. The highest BCUT2D eigenvalue weighted by Crippen LogP contribution is 2.39. The summed E-state index contributed by atoms with van der Waals surface area (Å²) in [5.74, 6) is -0.618. The number of nitrogens with one attached hydrogen (secondary N) is 2. The molecule has 3 heterocycles. The fourth-order valence-corrected chi connectivity index (χ4v) is 4.72. The van der Waals surface area contributed by atoms with E-state index in [1.165, 1.54) is 24.1 Å². The topological polar surface area (TPSA) is 96.5 Å². The molecule has 2 N–H and O–H groups in total. The van der Waals surface area contributed by atoms with Gasteiger partial charge in [0.25, 0.3) is 5.91 Å². The molecule has 1 fully saturated rings. The van der Waals surface area contributed by atoms with Crippen molar-refractivity contribution in [2.45, 2.75) is 58.4 Å². The average molecular weight is 506 g/mol. The molecular formula is C25H30F3N5O3. The number of benzene rings is 1. The quantitative estimate of drug-likeness (QED) is 0.641. The summed E-state index contributed by atoms with van der Waals surface area (Å²) in [6, 6.07) is 3.83. The lowest BCUT2D eigenvalue weighted by atomic mass is 9.85. The fourth-order valence-electron chi connectivity index (χ4n) is 4.72. The number of aromatic nitrogens is 2. The van der Waals surface area contributed by atoms with Crippen molar-refractivity contribution in [3.05, 3.63) is 41.1 Å². The minimum Gasteiger partial charge on any atom is -0.381 e. The molecule has 0 aliphatic carbocycles. The number of hydrogen-bond donors (Lipinski definition) is 2. The number of ether oxygens (including phenoxy) is 1. The number of likely N-dealkylation sites (N-methyl/N-ethyl adjacent to an activating group) is 1. The summed E-state index contributed by atoms with van der Waals surface area (Å²) in [5, 5.41) is 5.71. The zero-order chi connectivity index (χ0) is 26.3. The first kappa shape index (κ1) is 25.9. The van der Waals surface area contributed by atoms with E-state index >= 15 is 0 Å². The lowest BCUT2D eigenvalue weighted by Gasteiger charge is -2.36. The van der Waals surface area contributed by atoms with E-state index in [1.807, 2.05) is 20.8 Å². The van der Waals surface area contributed by atoms with Crippen LogP contribution in [-0.4, -0.2) is 59.0 Å². The van der Waals surface area contributed by atoms with Gasteiger partial charge in [-0.25, -0.2) is 9.97 Å². The monoisotopic (exact) mass is 505 g/mol. The van der Waals surface area contributed by atoms with E-state index in [1.54, 1.807) is 6.07 Å². The maximum Gasteiger partial charge on any atom is 0.419 e. The van der Waals surface area contributed by atoms with Crippen LogP contribution >= 0.6 is 0 Å². The van der Waals surface area contributed by atoms with Crippen LogP contribution in [0, 0.1) is 5.41 Å². The molecule has 36 heavy (non-hydrogen) atoms. The Bertz CT molecular complexity index is 1160. The summed E-state index contributed by atoms with van der Waals surface area (Å²) in [4.78, 5) is 35.6. The maximum atomic E-state index is 13.9. The van der Waals surface area contributed by atoms with Gasteiger partial charge < -0.3 is 20.3 Å². The van der Waals surface area contributed by atoms with E-state index in [0.29, 0.717) is 31.6 Å². The van der Waals surface area contributed by atoms with Gasteiger partial charge >= 0.3 is 6.18 Å². The summed E-state index contributed by atoms with van der Waals surface area (Å²) >= 11 is 0. The Kier molecular flexibility index (Phi) is 6.96. The number of alkyl halides is 3. The van der Waals surface area contributed by atoms with Crippen LogP contribution in [0.3, 0.4) is 0 Å². The third-order valence-corrected chi connectivity index (χ3v) is 6.49. The van der Waals surface area contributed by atoms with Gasteiger partial charge in [0.2, 0.25) is 11.9 Å². The highest BCUT2D eigenvalue weighted by molar-refractivity contribution is 6.02. The molecule has 0 radical (unpaired) electrons. The van der Waals surface area contributed by atoms with Crippen LogP contribution in [0.15, 0.2) is 24.4 Å². The molecular weight excluding hydrogens is 475 g/mol. The van der Waals surface area contributed by atoms with Crippen molar-refractivity contribution in [1.29, 1.82) is 0 Å². The van der Waals surface area contributed by atoms with E-state index in [0.717, 1.165) is 6.20 Å². The van der Waals surface area contributed by atoms with Crippen LogP contribution in [0.5, 0.6) is 0 Å². The highest BCUT2D eigenvalue weighted by Gasteiger charge is 2.43. The van der Waals surface area contributed by atoms with Crippen molar-refractivity contribution in [1.82, 2.24) is 20.2 Å². The molecule has 2 aromatic rings. The highest BCUT2D eigenvalue weighted by atomic mass is 19.4. The molecule has 2 aliphatic rings. The van der Waals surface area contributed by atoms with Gasteiger partial charge in [-0.2, -0.15) is 13.2 Å². The molecule has 1 aromatic carbocycles. The second kappa shape index (κ2) is 9.68. The smallest absolute Gasteiger partial charge is 0.381 e. The molecule has 4 rings (SSSR count). The summed E-state index contributed by atoms with van der Waals surface area (Å²) in [6.45, 7) is 6.88. The summed E-state index contributed by atoms with van der Waals surface area (Å²) in [5.41, 5.74) is -0.788. The predicted molar refractivity (Wildman–Crippen MR) is 127 cm³/mol. The first-order valence-electron chi connectivity index (χ1n) is 11.8. The van der Waals surface area contributed by atoms with Gasteiger partial charge in [-0.15, -0.1) is 0 Å². The maximum absolute atomic E-state index is 13.9. The number of carbonyl (C=O) groups excluding carboxylic acids is 2. The van der Waals surface area contributed by atoms with Crippen molar-refractivity contribution >= 4 is 17.8 Å². The SMILES string of the molecule is CNC(=O)C(N1Cc2ccc(-c3nc(NC4CCOCC4)ncc3C(F)(F)F)cc2C1=O)C(C)(C)C. The van der Waals surface area contributed by atoms with Gasteiger partial charge in [-0.1, -0.05) is 32.9 Å². The third kappa shape index (κ3) is 5.16. The molecule has 1 saturated heterocycles. The van der Waals surface area contributed by atoms with Gasteiger partial charge in [-0.3, -0.25) is 9.59 Å². The summed E-state index contributed by atoms with van der Waals surface area (Å²) in [7, 11) is 1.51. The number of rotatable bonds is 5. The molecule has 2 amide bonds. The molecule has 0 bridgehead atoms. The third-order valence-electron chi connectivity index (χ3n) is 6.49. The molecule has 1 unspecified atom stereocenters. The van der Waals surface area contributed by atoms with Crippen molar-refractivity contribution in [3.63, 3.8) is 0 Å². The minimum absolute atomic E-state index is 0.00228. The normalized spacial score (nSPS) is 17.6. The standard InChI is InChI=1S/C25H30F3N5O3/c1-24(2,3)20(21(34)29-4)33-13-15-6-5-14(11-17(15)22(33)35)19-18(25(26,27)28)12-30-23(32-19)31-16-7-9-36-10-8-16/h5-6,11-12,16,20H,7-10,13H2,1-4H3,(H,29,34)(H,30,31,32). The Morgan fingerprint density at radius 1 is 1.19 bits per heavy atom. The van der Waals surface area contributed by atoms with Gasteiger partial charge in [0.1, 0.15) is 11.6 Å². The van der Waals surface area contributed by atoms with Gasteiger partial charge in [0.05, 0.1) is 5.69 Å². The Morgan fingerprint density at radius 3 is 2.50 bits per heavy atom. The van der Waals surface area contributed by atoms with Gasteiger partial charge in [0, 0.05) is 50.2 Å². The molecule has 8 nitrogen and oxygen atoms in total. The first-order valence-corrected chi connectivity index (χ1v) is 11.8. The largest absolute Gasteiger partial charge is 0.419 e. The first-order chi connectivity index (χ1) is 16.9.